The zero-order valence-corrected chi connectivity index (χ0v) is 16.6. The Morgan fingerprint density at radius 1 is 1.12 bits per heavy atom. The fourth-order valence-corrected chi connectivity index (χ4v) is 3.87. The van der Waals surface area contributed by atoms with Crippen LogP contribution in [0, 0.1) is 27.7 Å². The van der Waals surface area contributed by atoms with E-state index in [-0.39, 0.29) is 0 Å². The normalized spacial score (nSPS) is 11.9. The molecule has 3 aromatic rings. The van der Waals surface area contributed by atoms with E-state index in [0.717, 1.165) is 33.4 Å². The lowest BCUT2D eigenvalue weighted by Crippen LogP contribution is -2.27. The van der Waals surface area contributed by atoms with Crippen LogP contribution in [-0.4, -0.2) is 35.6 Å². The van der Waals surface area contributed by atoms with Gasteiger partial charge in [-0.1, -0.05) is 23.9 Å². The van der Waals surface area contributed by atoms with Crippen molar-refractivity contribution < 1.29 is 9.90 Å². The van der Waals surface area contributed by atoms with Crippen molar-refractivity contribution in [3.8, 4) is 5.69 Å². The van der Waals surface area contributed by atoms with Crippen molar-refractivity contribution >= 4 is 28.6 Å². The van der Waals surface area contributed by atoms with E-state index in [2.05, 4.69) is 29.3 Å². The molecule has 0 aliphatic heterocycles. The molecule has 0 amide bonds. The van der Waals surface area contributed by atoms with E-state index in [1.807, 2.05) is 31.4 Å². The highest BCUT2D eigenvalue weighted by atomic mass is 32.2. The monoisotopic (exact) mass is 370 g/mol. The van der Waals surface area contributed by atoms with Gasteiger partial charge < -0.3 is 5.11 Å². The number of hydrogen-bond donors (Lipinski definition) is 1. The molecule has 0 saturated heterocycles. The number of pyridine rings is 1. The van der Waals surface area contributed by atoms with Gasteiger partial charge in [0.05, 0.1) is 11.2 Å². The van der Waals surface area contributed by atoms with Crippen molar-refractivity contribution in [3.63, 3.8) is 0 Å². The van der Waals surface area contributed by atoms with Gasteiger partial charge in [0, 0.05) is 11.1 Å². The van der Waals surface area contributed by atoms with E-state index >= 15 is 0 Å². The van der Waals surface area contributed by atoms with Crippen molar-refractivity contribution in [1.29, 1.82) is 0 Å². The molecule has 136 valence electrons. The number of nitrogens with zero attached hydrogens (tertiary/aromatic N) is 4. The minimum absolute atomic E-state index is 0.548. The molecule has 0 atom stereocenters. The number of benzene rings is 1. The summed E-state index contributed by atoms with van der Waals surface area (Å²) in [5, 5.41) is 19.5. The summed E-state index contributed by atoms with van der Waals surface area (Å²) in [5.74, 6) is -0.195. The van der Waals surface area contributed by atoms with Crippen LogP contribution in [0.3, 0.4) is 0 Å². The van der Waals surface area contributed by atoms with Gasteiger partial charge >= 0.3 is 5.97 Å². The van der Waals surface area contributed by atoms with Gasteiger partial charge in [-0.15, -0.1) is 10.2 Å². The molecule has 0 bridgehead atoms. The Hall–Kier alpha value is -2.41. The van der Waals surface area contributed by atoms with Crippen molar-refractivity contribution in [2.24, 2.45) is 0 Å². The fraction of sp³-hybridized carbons (Fsp3) is 0.368. The van der Waals surface area contributed by atoms with Gasteiger partial charge in [0.2, 0.25) is 0 Å². The van der Waals surface area contributed by atoms with E-state index in [1.165, 1.54) is 11.8 Å². The molecule has 0 saturated carbocycles. The number of carboxylic acids is 1. The largest absolute Gasteiger partial charge is 0.480 e. The van der Waals surface area contributed by atoms with Crippen LogP contribution in [0.5, 0.6) is 0 Å². The molecule has 26 heavy (non-hydrogen) atoms. The number of aromatic nitrogens is 4. The van der Waals surface area contributed by atoms with Crippen LogP contribution in [-0.2, 0) is 4.79 Å². The smallest absolute Gasteiger partial charge is 0.319 e. The lowest BCUT2D eigenvalue weighted by atomic mass is 10.0. The minimum Gasteiger partial charge on any atom is -0.480 e. The number of carboxylic acid groups (broad SMARTS) is 1. The third-order valence-corrected chi connectivity index (χ3v) is 5.50. The van der Waals surface area contributed by atoms with Crippen LogP contribution in [0.1, 0.15) is 36.5 Å². The van der Waals surface area contributed by atoms with Crippen LogP contribution in [0.25, 0.3) is 16.6 Å². The second-order valence-corrected chi connectivity index (χ2v) is 8.58. The van der Waals surface area contributed by atoms with Crippen LogP contribution < -0.4 is 0 Å². The first-order chi connectivity index (χ1) is 12.1. The lowest BCUT2D eigenvalue weighted by Gasteiger charge is -2.20. The Morgan fingerprint density at radius 2 is 1.81 bits per heavy atom. The van der Waals surface area contributed by atoms with E-state index in [4.69, 9.17) is 4.98 Å². The minimum atomic E-state index is -1.02. The topological polar surface area (TPSA) is 80.9 Å². The molecule has 2 heterocycles. The molecule has 0 spiro atoms. The molecular formula is C19H22N4O2S. The molecule has 0 aliphatic carbocycles. The second kappa shape index (κ2) is 6.39. The van der Waals surface area contributed by atoms with Gasteiger partial charge in [-0.3, -0.25) is 14.3 Å². The number of thioether (sulfide) groups is 1. The number of rotatable bonds is 4. The van der Waals surface area contributed by atoms with E-state index in [9.17, 15) is 9.90 Å². The van der Waals surface area contributed by atoms with Gasteiger partial charge in [0.25, 0.3) is 0 Å². The van der Waals surface area contributed by atoms with Gasteiger partial charge in [-0.2, -0.15) is 0 Å². The van der Waals surface area contributed by atoms with Crippen LogP contribution >= 0.6 is 11.8 Å². The molecule has 7 heteroatoms. The molecule has 1 aromatic carbocycles. The summed E-state index contributed by atoms with van der Waals surface area (Å²) in [4.78, 5) is 16.3. The van der Waals surface area contributed by atoms with Crippen molar-refractivity contribution in [3.05, 3.63) is 40.8 Å². The zero-order valence-electron chi connectivity index (χ0n) is 15.8. The average molecular weight is 370 g/mol. The van der Waals surface area contributed by atoms with Crippen molar-refractivity contribution in [2.75, 3.05) is 0 Å². The lowest BCUT2D eigenvalue weighted by molar-refractivity contribution is -0.138. The Morgan fingerprint density at radius 3 is 2.46 bits per heavy atom. The van der Waals surface area contributed by atoms with E-state index < -0.39 is 10.7 Å². The highest BCUT2D eigenvalue weighted by Crippen LogP contribution is 2.36. The summed E-state index contributed by atoms with van der Waals surface area (Å²) in [6.45, 7) is 11.3. The predicted molar refractivity (Wildman–Crippen MR) is 103 cm³/mol. The summed E-state index contributed by atoms with van der Waals surface area (Å²) in [7, 11) is 0. The number of fused-ring (bicyclic) bond motifs is 1. The van der Waals surface area contributed by atoms with Gasteiger partial charge in [0.15, 0.2) is 5.16 Å². The van der Waals surface area contributed by atoms with E-state index in [1.54, 1.807) is 13.8 Å². The Bertz CT molecular complexity index is 1020. The first-order valence-electron chi connectivity index (χ1n) is 8.34. The van der Waals surface area contributed by atoms with Crippen LogP contribution in [0.4, 0.5) is 0 Å². The summed E-state index contributed by atoms with van der Waals surface area (Å²) in [6, 6.07) is 6.19. The average Bonchev–Trinajstić information content (AvgIpc) is 2.87. The maximum absolute atomic E-state index is 11.6. The van der Waals surface area contributed by atoms with Gasteiger partial charge in [-0.25, -0.2) is 0 Å². The fourth-order valence-electron chi connectivity index (χ4n) is 2.93. The standard InChI is InChI=1S/C19H22N4O2S/c1-10-9-11(2)16(15-14(10)8-7-12(3)20-15)23-13(4)21-22-18(23)26-19(5,6)17(24)25/h7-9H,1-6H3,(H,24,25). The summed E-state index contributed by atoms with van der Waals surface area (Å²) >= 11 is 1.18. The Labute approximate surface area is 156 Å². The highest BCUT2D eigenvalue weighted by Gasteiger charge is 2.32. The second-order valence-electron chi connectivity index (χ2n) is 6.99. The zero-order chi connectivity index (χ0) is 19.2. The number of aliphatic carboxylic acids is 1. The number of hydrogen-bond acceptors (Lipinski definition) is 5. The SMILES string of the molecule is Cc1ccc2c(C)cc(C)c(-n3c(C)nnc3SC(C)(C)C(=O)O)c2n1. The van der Waals surface area contributed by atoms with E-state index in [0.29, 0.717) is 11.0 Å². The summed E-state index contributed by atoms with van der Waals surface area (Å²) < 4.78 is 0.897. The molecule has 3 rings (SSSR count). The van der Waals surface area contributed by atoms with Crippen LogP contribution in [0.2, 0.25) is 0 Å². The Balaban J connectivity index is 2.30. The third kappa shape index (κ3) is 3.07. The molecule has 2 aromatic heterocycles. The maximum Gasteiger partial charge on any atom is 0.319 e. The molecule has 1 N–H and O–H groups in total. The predicted octanol–water partition coefficient (Wildman–Crippen LogP) is 4.00. The van der Waals surface area contributed by atoms with Crippen molar-refractivity contribution in [2.45, 2.75) is 51.4 Å². The number of aryl methyl sites for hydroxylation is 4. The first kappa shape index (κ1) is 18.4. The summed E-state index contributed by atoms with van der Waals surface area (Å²) in [6.07, 6.45) is 0. The van der Waals surface area contributed by atoms with Crippen molar-refractivity contribution in [1.82, 2.24) is 19.7 Å². The van der Waals surface area contributed by atoms with Gasteiger partial charge in [0.1, 0.15) is 10.6 Å². The quantitative estimate of drug-likeness (QED) is 0.699. The molecule has 0 fully saturated rings. The Kier molecular flexibility index (Phi) is 4.52. The highest BCUT2D eigenvalue weighted by molar-refractivity contribution is 8.01. The van der Waals surface area contributed by atoms with Gasteiger partial charge in [-0.05, 0) is 58.7 Å². The first-order valence-corrected chi connectivity index (χ1v) is 9.16. The summed E-state index contributed by atoms with van der Waals surface area (Å²) in [5.41, 5.74) is 4.90. The van der Waals surface area contributed by atoms with Crippen LogP contribution in [0.15, 0.2) is 23.4 Å². The molecule has 0 aliphatic rings. The molecular weight excluding hydrogens is 348 g/mol. The molecule has 6 nitrogen and oxygen atoms in total. The molecule has 0 unspecified atom stereocenters. The molecule has 0 radical (unpaired) electrons. The number of carbonyl (C=O) groups is 1. The third-order valence-electron chi connectivity index (χ3n) is 4.37. The maximum atomic E-state index is 11.6.